The summed E-state index contributed by atoms with van der Waals surface area (Å²) in [5, 5.41) is 0. The first-order chi connectivity index (χ1) is 10.3. The first-order valence-electron chi connectivity index (χ1n) is 9.93. The summed E-state index contributed by atoms with van der Waals surface area (Å²) in [4.78, 5) is 0. The van der Waals surface area contributed by atoms with Crippen LogP contribution in [0, 0.1) is 41.4 Å². The van der Waals surface area contributed by atoms with Crippen molar-refractivity contribution in [3.63, 3.8) is 0 Å². The van der Waals surface area contributed by atoms with Gasteiger partial charge in [0.15, 0.2) is 0 Å². The fourth-order valence-electron chi connectivity index (χ4n) is 7.16. The molecule has 4 fully saturated rings. The second kappa shape index (κ2) is 5.74. The van der Waals surface area contributed by atoms with E-state index in [0.717, 1.165) is 41.4 Å². The summed E-state index contributed by atoms with van der Waals surface area (Å²) in [7, 11) is 0. The van der Waals surface area contributed by atoms with Crippen LogP contribution >= 0.6 is 0 Å². The summed E-state index contributed by atoms with van der Waals surface area (Å²) in [6, 6.07) is 0. The van der Waals surface area contributed by atoms with E-state index in [0.29, 0.717) is 0 Å². The SMILES string of the molecule is C/C=C1/CCCC2C1CCC1C3CCC(C)CC3CCC21. The molecule has 4 rings (SSSR count). The Morgan fingerprint density at radius 2 is 1.57 bits per heavy atom. The fraction of sp³-hybridized carbons (Fsp3) is 0.905. The van der Waals surface area contributed by atoms with Crippen LogP contribution in [0.3, 0.4) is 0 Å². The molecular weight excluding hydrogens is 252 g/mol. The van der Waals surface area contributed by atoms with Crippen LogP contribution in [0.15, 0.2) is 11.6 Å². The standard InChI is InChI=1S/C21H34/c1-3-15-5-4-6-19-17(15)11-12-20-18-9-7-14(2)13-16(18)8-10-21(19)20/h3,14,16-21H,4-13H2,1-2H3/b15-3-. The topological polar surface area (TPSA) is 0 Å². The minimum Gasteiger partial charge on any atom is -0.0882 e. The molecule has 0 aromatic rings. The van der Waals surface area contributed by atoms with Crippen molar-refractivity contribution < 1.29 is 0 Å². The summed E-state index contributed by atoms with van der Waals surface area (Å²) >= 11 is 0. The predicted molar refractivity (Wildman–Crippen MR) is 90.0 cm³/mol. The number of fused-ring (bicyclic) bond motifs is 5. The Hall–Kier alpha value is -0.260. The third kappa shape index (κ3) is 2.41. The second-order valence-electron chi connectivity index (χ2n) is 8.85. The van der Waals surface area contributed by atoms with Crippen LogP contribution in [0.1, 0.15) is 78.1 Å². The lowest BCUT2D eigenvalue weighted by Crippen LogP contribution is -2.46. The van der Waals surface area contributed by atoms with E-state index in [4.69, 9.17) is 0 Å². The van der Waals surface area contributed by atoms with Gasteiger partial charge in [-0.05, 0) is 106 Å². The van der Waals surface area contributed by atoms with E-state index in [2.05, 4.69) is 19.9 Å². The third-order valence-corrected chi connectivity index (χ3v) is 8.00. The average Bonchev–Trinajstić information content (AvgIpc) is 2.53. The molecule has 0 spiro atoms. The van der Waals surface area contributed by atoms with Crippen molar-refractivity contribution in [3.8, 4) is 0 Å². The van der Waals surface area contributed by atoms with Gasteiger partial charge in [-0.2, -0.15) is 0 Å². The Balaban J connectivity index is 1.54. The molecule has 0 heteroatoms. The number of hydrogen-bond acceptors (Lipinski definition) is 0. The van der Waals surface area contributed by atoms with Gasteiger partial charge in [0.25, 0.3) is 0 Å². The summed E-state index contributed by atoms with van der Waals surface area (Å²) in [6.07, 6.45) is 17.8. The van der Waals surface area contributed by atoms with E-state index < -0.39 is 0 Å². The third-order valence-electron chi connectivity index (χ3n) is 8.00. The molecule has 0 aliphatic heterocycles. The zero-order valence-corrected chi connectivity index (χ0v) is 14.2. The molecule has 7 atom stereocenters. The van der Waals surface area contributed by atoms with Gasteiger partial charge in [0.2, 0.25) is 0 Å². The Morgan fingerprint density at radius 1 is 0.810 bits per heavy atom. The molecule has 4 aliphatic carbocycles. The molecule has 0 bridgehead atoms. The van der Waals surface area contributed by atoms with E-state index in [9.17, 15) is 0 Å². The Kier molecular flexibility index (Phi) is 3.92. The summed E-state index contributed by atoms with van der Waals surface area (Å²) in [5.41, 5.74) is 1.84. The molecule has 0 amide bonds. The molecule has 0 aromatic heterocycles. The highest BCUT2D eigenvalue weighted by Crippen LogP contribution is 2.58. The molecule has 0 saturated heterocycles. The van der Waals surface area contributed by atoms with Crippen LogP contribution in [-0.2, 0) is 0 Å². The Bertz CT molecular complexity index is 406. The fourth-order valence-corrected chi connectivity index (χ4v) is 7.16. The van der Waals surface area contributed by atoms with Gasteiger partial charge < -0.3 is 0 Å². The molecule has 4 aliphatic rings. The van der Waals surface area contributed by atoms with E-state index >= 15 is 0 Å². The smallest absolute Gasteiger partial charge is 0.0172 e. The van der Waals surface area contributed by atoms with Crippen LogP contribution in [-0.4, -0.2) is 0 Å². The Morgan fingerprint density at radius 3 is 2.43 bits per heavy atom. The monoisotopic (exact) mass is 286 g/mol. The number of rotatable bonds is 0. The number of hydrogen-bond donors (Lipinski definition) is 0. The van der Waals surface area contributed by atoms with Crippen molar-refractivity contribution in [2.45, 2.75) is 78.1 Å². The zero-order valence-electron chi connectivity index (χ0n) is 14.2. The molecule has 0 heterocycles. The maximum absolute atomic E-state index is 2.50. The largest absolute Gasteiger partial charge is 0.0882 e. The molecular formula is C21H34. The van der Waals surface area contributed by atoms with Crippen molar-refractivity contribution in [1.82, 2.24) is 0 Å². The van der Waals surface area contributed by atoms with Gasteiger partial charge >= 0.3 is 0 Å². The second-order valence-corrected chi connectivity index (χ2v) is 8.85. The quantitative estimate of drug-likeness (QED) is 0.464. The van der Waals surface area contributed by atoms with Crippen molar-refractivity contribution in [3.05, 3.63) is 11.6 Å². The number of allylic oxidation sites excluding steroid dienone is 2. The minimum atomic E-state index is 0.990. The van der Waals surface area contributed by atoms with Crippen LogP contribution in [0.25, 0.3) is 0 Å². The van der Waals surface area contributed by atoms with Crippen molar-refractivity contribution in [1.29, 1.82) is 0 Å². The molecule has 0 radical (unpaired) electrons. The molecule has 0 aromatic carbocycles. The van der Waals surface area contributed by atoms with Gasteiger partial charge in [0, 0.05) is 0 Å². The van der Waals surface area contributed by atoms with Crippen LogP contribution in [0.2, 0.25) is 0 Å². The summed E-state index contributed by atoms with van der Waals surface area (Å²) in [6.45, 7) is 4.79. The Labute approximate surface area is 131 Å². The minimum absolute atomic E-state index is 0.990. The lowest BCUT2D eigenvalue weighted by molar-refractivity contribution is -0.0364. The maximum Gasteiger partial charge on any atom is -0.0172 e. The van der Waals surface area contributed by atoms with Gasteiger partial charge in [-0.15, -0.1) is 0 Å². The normalized spacial score (nSPS) is 51.9. The average molecular weight is 287 g/mol. The molecule has 118 valence electrons. The molecule has 0 nitrogen and oxygen atoms in total. The van der Waals surface area contributed by atoms with E-state index in [1.54, 1.807) is 38.5 Å². The predicted octanol–water partition coefficient (Wildman–Crippen LogP) is 6.22. The van der Waals surface area contributed by atoms with E-state index in [1.807, 2.05) is 5.57 Å². The van der Waals surface area contributed by atoms with Crippen molar-refractivity contribution in [2.75, 3.05) is 0 Å². The van der Waals surface area contributed by atoms with Gasteiger partial charge in [-0.3, -0.25) is 0 Å². The lowest BCUT2D eigenvalue weighted by Gasteiger charge is -2.55. The first-order valence-corrected chi connectivity index (χ1v) is 9.93. The lowest BCUT2D eigenvalue weighted by atomic mass is 9.50. The highest BCUT2D eigenvalue weighted by molar-refractivity contribution is 5.14. The summed E-state index contributed by atoms with van der Waals surface area (Å²) < 4.78 is 0. The maximum atomic E-state index is 2.50. The molecule has 21 heavy (non-hydrogen) atoms. The van der Waals surface area contributed by atoms with Crippen LogP contribution < -0.4 is 0 Å². The van der Waals surface area contributed by atoms with Gasteiger partial charge in [-0.25, -0.2) is 0 Å². The molecule has 0 N–H and O–H groups in total. The van der Waals surface area contributed by atoms with E-state index in [-0.39, 0.29) is 0 Å². The highest BCUT2D eigenvalue weighted by Gasteiger charge is 2.49. The first kappa shape index (κ1) is 14.3. The zero-order chi connectivity index (χ0) is 14.4. The molecule has 7 unspecified atom stereocenters. The van der Waals surface area contributed by atoms with Gasteiger partial charge in [-0.1, -0.05) is 25.0 Å². The van der Waals surface area contributed by atoms with Crippen molar-refractivity contribution >= 4 is 0 Å². The van der Waals surface area contributed by atoms with E-state index in [1.165, 1.54) is 25.7 Å². The van der Waals surface area contributed by atoms with Gasteiger partial charge in [0.1, 0.15) is 0 Å². The summed E-state index contributed by atoms with van der Waals surface area (Å²) in [5.74, 6) is 7.53. The van der Waals surface area contributed by atoms with Crippen molar-refractivity contribution in [2.24, 2.45) is 41.4 Å². The molecule has 4 saturated carbocycles. The van der Waals surface area contributed by atoms with Gasteiger partial charge in [0.05, 0.1) is 0 Å². The highest BCUT2D eigenvalue weighted by atomic mass is 14.5. The van der Waals surface area contributed by atoms with Crippen LogP contribution in [0.5, 0.6) is 0 Å². The van der Waals surface area contributed by atoms with Crippen LogP contribution in [0.4, 0.5) is 0 Å².